The first-order valence-electron chi connectivity index (χ1n) is 4.29. The van der Waals surface area contributed by atoms with Crippen molar-refractivity contribution < 1.29 is 4.39 Å². The van der Waals surface area contributed by atoms with Gasteiger partial charge in [0.15, 0.2) is 0 Å². The molecule has 1 saturated carbocycles. The molecule has 0 heterocycles. The highest BCUT2D eigenvalue weighted by Gasteiger charge is 2.41. The summed E-state index contributed by atoms with van der Waals surface area (Å²) in [6.07, 6.45) is 3.84. The van der Waals surface area contributed by atoms with Gasteiger partial charge in [-0.05, 0) is 30.7 Å². The van der Waals surface area contributed by atoms with Gasteiger partial charge < -0.3 is 5.73 Å². The zero-order chi connectivity index (χ0) is 9.47. The molecule has 0 spiro atoms. The number of halogens is 1. The molecule has 0 amide bonds. The van der Waals surface area contributed by atoms with E-state index in [2.05, 4.69) is 0 Å². The fourth-order valence-electron chi connectivity index (χ4n) is 1.51. The van der Waals surface area contributed by atoms with E-state index in [1.54, 1.807) is 6.07 Å². The molecule has 70 valence electrons. The summed E-state index contributed by atoms with van der Waals surface area (Å²) in [4.78, 5) is 0.711. The average Bonchev–Trinajstić information content (AvgIpc) is 2.85. The maximum Gasteiger partial charge on any atom is 0.137 e. The number of rotatable bonds is 2. The monoisotopic (exact) mass is 197 g/mol. The lowest BCUT2D eigenvalue weighted by molar-refractivity contribution is 0.585. The largest absolute Gasteiger partial charge is 0.321 e. The van der Waals surface area contributed by atoms with E-state index in [9.17, 15) is 4.39 Å². The van der Waals surface area contributed by atoms with Crippen LogP contribution < -0.4 is 5.73 Å². The van der Waals surface area contributed by atoms with Crippen LogP contribution in [-0.4, -0.2) is 6.26 Å². The van der Waals surface area contributed by atoms with Gasteiger partial charge in [-0.15, -0.1) is 11.8 Å². The smallest absolute Gasteiger partial charge is 0.137 e. The normalized spacial score (nSPS) is 18.7. The Kier molecular flexibility index (Phi) is 2.08. The van der Waals surface area contributed by atoms with Gasteiger partial charge in [0, 0.05) is 10.4 Å². The van der Waals surface area contributed by atoms with Crippen LogP contribution in [0, 0.1) is 5.82 Å². The van der Waals surface area contributed by atoms with Crippen molar-refractivity contribution in [2.45, 2.75) is 23.3 Å². The van der Waals surface area contributed by atoms with Crippen LogP contribution in [0.4, 0.5) is 4.39 Å². The molecule has 2 rings (SSSR count). The predicted molar refractivity (Wildman–Crippen MR) is 53.3 cm³/mol. The number of hydrogen-bond acceptors (Lipinski definition) is 2. The van der Waals surface area contributed by atoms with Crippen LogP contribution in [0.2, 0.25) is 0 Å². The standard InChI is InChI=1S/C10H12FNS/c1-13-9-7(10(12)5-6-10)3-2-4-8(9)11/h2-4H,5-6,12H2,1H3. The van der Waals surface area contributed by atoms with Crippen molar-refractivity contribution in [2.24, 2.45) is 5.73 Å². The number of thioether (sulfide) groups is 1. The molecular formula is C10H12FNS. The van der Waals surface area contributed by atoms with E-state index in [0.29, 0.717) is 4.90 Å². The number of hydrogen-bond donors (Lipinski definition) is 1. The van der Waals surface area contributed by atoms with Crippen LogP contribution in [0.25, 0.3) is 0 Å². The molecule has 0 atom stereocenters. The molecule has 1 aromatic carbocycles. The minimum Gasteiger partial charge on any atom is -0.321 e. The molecule has 0 unspecified atom stereocenters. The van der Waals surface area contributed by atoms with Crippen LogP contribution in [0.3, 0.4) is 0 Å². The molecule has 0 saturated heterocycles. The Morgan fingerprint density at radius 3 is 2.69 bits per heavy atom. The number of benzene rings is 1. The van der Waals surface area contributed by atoms with Gasteiger partial charge in [-0.1, -0.05) is 12.1 Å². The van der Waals surface area contributed by atoms with Gasteiger partial charge in [-0.2, -0.15) is 0 Å². The van der Waals surface area contributed by atoms with Gasteiger partial charge in [-0.3, -0.25) is 0 Å². The zero-order valence-corrected chi connectivity index (χ0v) is 8.33. The molecule has 1 aliphatic carbocycles. The summed E-state index contributed by atoms with van der Waals surface area (Å²) in [5, 5.41) is 0. The Labute approximate surface area is 81.5 Å². The van der Waals surface area contributed by atoms with E-state index in [1.165, 1.54) is 17.8 Å². The maximum absolute atomic E-state index is 13.3. The molecule has 0 aliphatic heterocycles. The molecule has 1 aliphatic rings. The van der Waals surface area contributed by atoms with E-state index in [-0.39, 0.29) is 11.4 Å². The van der Waals surface area contributed by atoms with E-state index in [0.717, 1.165) is 18.4 Å². The second kappa shape index (κ2) is 3.00. The fraction of sp³-hybridized carbons (Fsp3) is 0.400. The highest BCUT2D eigenvalue weighted by molar-refractivity contribution is 7.98. The highest BCUT2D eigenvalue weighted by Crippen LogP contribution is 2.46. The molecule has 1 fully saturated rings. The van der Waals surface area contributed by atoms with Gasteiger partial charge >= 0.3 is 0 Å². The Morgan fingerprint density at radius 1 is 1.46 bits per heavy atom. The second-order valence-electron chi connectivity index (χ2n) is 3.48. The highest BCUT2D eigenvalue weighted by atomic mass is 32.2. The lowest BCUT2D eigenvalue weighted by Gasteiger charge is -2.13. The molecule has 0 aromatic heterocycles. The zero-order valence-electron chi connectivity index (χ0n) is 7.51. The van der Waals surface area contributed by atoms with Gasteiger partial charge in [0.05, 0.1) is 0 Å². The minimum atomic E-state index is -0.236. The van der Waals surface area contributed by atoms with Crippen molar-refractivity contribution in [1.29, 1.82) is 0 Å². The SMILES string of the molecule is CSc1c(F)cccc1C1(N)CC1. The fourth-order valence-corrected chi connectivity index (χ4v) is 2.27. The van der Waals surface area contributed by atoms with E-state index in [4.69, 9.17) is 5.73 Å². The van der Waals surface area contributed by atoms with Crippen LogP contribution in [0.1, 0.15) is 18.4 Å². The van der Waals surface area contributed by atoms with Gasteiger partial charge in [0.2, 0.25) is 0 Å². The van der Waals surface area contributed by atoms with Crippen LogP contribution >= 0.6 is 11.8 Å². The topological polar surface area (TPSA) is 26.0 Å². The maximum atomic E-state index is 13.3. The first kappa shape index (κ1) is 9.03. The second-order valence-corrected chi connectivity index (χ2v) is 4.29. The lowest BCUT2D eigenvalue weighted by Crippen LogP contribution is -2.20. The molecule has 1 nitrogen and oxygen atoms in total. The van der Waals surface area contributed by atoms with Gasteiger partial charge in [0.1, 0.15) is 5.82 Å². The summed E-state index contributed by atoms with van der Waals surface area (Å²) in [5.74, 6) is -0.151. The molecule has 0 radical (unpaired) electrons. The lowest BCUT2D eigenvalue weighted by atomic mass is 10.1. The third-order valence-electron chi connectivity index (χ3n) is 2.50. The predicted octanol–water partition coefficient (Wildman–Crippen LogP) is 2.50. The van der Waals surface area contributed by atoms with Crippen molar-refractivity contribution in [3.8, 4) is 0 Å². The van der Waals surface area contributed by atoms with Crippen molar-refractivity contribution in [3.63, 3.8) is 0 Å². The van der Waals surface area contributed by atoms with E-state index in [1.807, 2.05) is 12.3 Å². The van der Waals surface area contributed by atoms with Crippen molar-refractivity contribution in [2.75, 3.05) is 6.26 Å². The summed E-state index contributed by atoms with van der Waals surface area (Å²) in [6.45, 7) is 0. The van der Waals surface area contributed by atoms with Crippen molar-refractivity contribution in [1.82, 2.24) is 0 Å². The quantitative estimate of drug-likeness (QED) is 0.737. The molecule has 3 heteroatoms. The molecule has 1 aromatic rings. The molecule has 2 N–H and O–H groups in total. The first-order chi connectivity index (χ1) is 6.17. The third-order valence-corrected chi connectivity index (χ3v) is 3.32. The Morgan fingerprint density at radius 2 is 2.15 bits per heavy atom. The summed E-state index contributed by atoms with van der Waals surface area (Å²) >= 11 is 1.43. The van der Waals surface area contributed by atoms with Gasteiger partial charge in [0.25, 0.3) is 0 Å². The summed E-state index contributed by atoms with van der Waals surface area (Å²) in [6, 6.07) is 5.15. The summed E-state index contributed by atoms with van der Waals surface area (Å²) in [5.41, 5.74) is 6.77. The molecule has 13 heavy (non-hydrogen) atoms. The van der Waals surface area contributed by atoms with Crippen LogP contribution in [-0.2, 0) is 5.54 Å². The Bertz CT molecular complexity index is 334. The molecular weight excluding hydrogens is 185 g/mol. The first-order valence-corrected chi connectivity index (χ1v) is 5.52. The van der Waals surface area contributed by atoms with Gasteiger partial charge in [-0.25, -0.2) is 4.39 Å². The van der Waals surface area contributed by atoms with Crippen molar-refractivity contribution in [3.05, 3.63) is 29.6 Å². The van der Waals surface area contributed by atoms with Crippen LogP contribution in [0.15, 0.2) is 23.1 Å². The van der Waals surface area contributed by atoms with E-state index < -0.39 is 0 Å². The Balaban J connectivity index is 2.50. The van der Waals surface area contributed by atoms with Crippen LogP contribution in [0.5, 0.6) is 0 Å². The summed E-state index contributed by atoms with van der Waals surface area (Å²) in [7, 11) is 0. The minimum absolute atomic E-state index is 0.151. The Hall–Kier alpha value is -0.540. The average molecular weight is 197 g/mol. The molecule has 0 bridgehead atoms. The van der Waals surface area contributed by atoms with Crippen molar-refractivity contribution >= 4 is 11.8 Å². The number of nitrogens with two attached hydrogens (primary N) is 1. The van der Waals surface area contributed by atoms with E-state index >= 15 is 0 Å². The third kappa shape index (κ3) is 1.46. The summed E-state index contributed by atoms with van der Waals surface area (Å²) < 4.78 is 13.3.